The number of benzene rings is 1. The van der Waals surface area contributed by atoms with Crippen molar-refractivity contribution in [3.05, 3.63) is 63.5 Å². The molecule has 0 spiro atoms. The van der Waals surface area contributed by atoms with E-state index in [0.29, 0.717) is 5.56 Å². The van der Waals surface area contributed by atoms with E-state index in [1.807, 2.05) is 48.0 Å². The number of nitrogens with zero attached hydrogens (tertiary/aromatic N) is 1. The van der Waals surface area contributed by atoms with E-state index in [4.69, 9.17) is 0 Å². The Bertz CT molecular complexity index is 879. The number of hydrogen-bond acceptors (Lipinski definition) is 3. The highest BCUT2D eigenvalue weighted by atomic mass is 32.1. The summed E-state index contributed by atoms with van der Waals surface area (Å²) in [4.78, 5) is 15.7. The van der Waals surface area contributed by atoms with Gasteiger partial charge in [0.15, 0.2) is 0 Å². The van der Waals surface area contributed by atoms with Crippen molar-refractivity contribution in [2.24, 2.45) is 0 Å². The number of thiophene rings is 1. The van der Waals surface area contributed by atoms with Gasteiger partial charge in [0.05, 0.1) is 0 Å². The molecule has 4 heteroatoms. The Morgan fingerprint density at radius 2 is 2.24 bits per heavy atom. The molecule has 102 valence electrons. The Kier molecular flexibility index (Phi) is 3.43. The average molecular weight is 292 g/mol. The zero-order valence-electron chi connectivity index (χ0n) is 11.4. The monoisotopic (exact) mass is 292 g/mol. The number of aromatic amines is 1. The molecule has 0 amide bonds. The first kappa shape index (κ1) is 13.3. The van der Waals surface area contributed by atoms with Gasteiger partial charge in [0.1, 0.15) is 11.6 Å². The third-order valence-electron chi connectivity index (χ3n) is 3.38. The number of ketones is 1. The van der Waals surface area contributed by atoms with E-state index in [9.17, 15) is 10.1 Å². The van der Waals surface area contributed by atoms with Gasteiger partial charge in [-0.3, -0.25) is 4.79 Å². The van der Waals surface area contributed by atoms with Gasteiger partial charge < -0.3 is 4.98 Å². The minimum Gasteiger partial charge on any atom is -0.360 e. The largest absolute Gasteiger partial charge is 0.360 e. The van der Waals surface area contributed by atoms with E-state index >= 15 is 0 Å². The maximum atomic E-state index is 12.6. The first-order valence-electron chi connectivity index (χ1n) is 6.46. The highest BCUT2D eigenvalue weighted by Gasteiger charge is 2.17. The van der Waals surface area contributed by atoms with Crippen LogP contribution in [-0.4, -0.2) is 10.8 Å². The van der Waals surface area contributed by atoms with Crippen LogP contribution < -0.4 is 0 Å². The minimum atomic E-state index is -0.246. The van der Waals surface area contributed by atoms with Gasteiger partial charge in [-0.05, 0) is 47.0 Å². The highest BCUT2D eigenvalue weighted by molar-refractivity contribution is 7.08. The molecule has 0 unspecified atom stereocenters. The number of rotatable bonds is 3. The number of hydrogen-bond donors (Lipinski definition) is 1. The van der Waals surface area contributed by atoms with Crippen molar-refractivity contribution in [1.82, 2.24) is 4.98 Å². The molecule has 3 rings (SSSR count). The standard InChI is InChI=1S/C17H12N2OS/c1-11-3-2-4-15-16(11)14(9-19-15)17(20)13(8-18)7-12-5-6-21-10-12/h2-7,9-10,19H,1H3/b13-7+. The number of Topliss-reactive ketones (excluding diaryl/α,β-unsaturated/α-hetero) is 1. The number of aryl methyl sites for hydroxylation is 1. The molecule has 1 N–H and O–H groups in total. The quantitative estimate of drug-likeness (QED) is 0.444. The van der Waals surface area contributed by atoms with E-state index in [2.05, 4.69) is 4.98 Å². The van der Waals surface area contributed by atoms with Crippen LogP contribution in [0.5, 0.6) is 0 Å². The fraction of sp³-hybridized carbons (Fsp3) is 0.0588. The van der Waals surface area contributed by atoms with Crippen LogP contribution in [0.3, 0.4) is 0 Å². The van der Waals surface area contributed by atoms with Gasteiger partial charge in [-0.2, -0.15) is 16.6 Å². The van der Waals surface area contributed by atoms with E-state index in [1.54, 1.807) is 12.3 Å². The molecule has 0 saturated heterocycles. The van der Waals surface area contributed by atoms with Gasteiger partial charge in [-0.15, -0.1) is 0 Å². The zero-order valence-corrected chi connectivity index (χ0v) is 12.2. The number of carbonyl (C=O) groups excluding carboxylic acids is 1. The molecule has 0 bridgehead atoms. The van der Waals surface area contributed by atoms with Crippen molar-refractivity contribution < 1.29 is 4.79 Å². The zero-order chi connectivity index (χ0) is 14.8. The molecular formula is C17H12N2OS. The number of nitriles is 1. The van der Waals surface area contributed by atoms with E-state index in [0.717, 1.165) is 22.0 Å². The van der Waals surface area contributed by atoms with Crippen molar-refractivity contribution in [3.63, 3.8) is 0 Å². The van der Waals surface area contributed by atoms with E-state index in [-0.39, 0.29) is 11.4 Å². The summed E-state index contributed by atoms with van der Waals surface area (Å²) in [5, 5.41) is 14.0. The van der Waals surface area contributed by atoms with Crippen LogP contribution in [0.15, 0.2) is 46.8 Å². The van der Waals surface area contributed by atoms with Crippen LogP contribution in [-0.2, 0) is 0 Å². The lowest BCUT2D eigenvalue weighted by atomic mass is 9.99. The lowest BCUT2D eigenvalue weighted by Crippen LogP contribution is -2.01. The van der Waals surface area contributed by atoms with Crippen LogP contribution >= 0.6 is 11.3 Å². The van der Waals surface area contributed by atoms with Gasteiger partial charge in [-0.25, -0.2) is 0 Å². The molecule has 21 heavy (non-hydrogen) atoms. The number of fused-ring (bicyclic) bond motifs is 1. The number of allylic oxidation sites excluding steroid dienone is 1. The van der Waals surface area contributed by atoms with Crippen LogP contribution in [0, 0.1) is 18.3 Å². The van der Waals surface area contributed by atoms with Crippen molar-refractivity contribution in [1.29, 1.82) is 5.26 Å². The molecule has 2 heterocycles. The van der Waals surface area contributed by atoms with Crippen LogP contribution in [0.1, 0.15) is 21.5 Å². The van der Waals surface area contributed by atoms with Crippen molar-refractivity contribution >= 4 is 34.1 Å². The Morgan fingerprint density at radius 1 is 1.38 bits per heavy atom. The maximum Gasteiger partial charge on any atom is 0.205 e. The summed E-state index contributed by atoms with van der Waals surface area (Å²) in [7, 11) is 0. The molecule has 0 radical (unpaired) electrons. The van der Waals surface area contributed by atoms with E-state index in [1.165, 1.54) is 11.3 Å². The first-order valence-corrected chi connectivity index (χ1v) is 7.40. The summed E-state index contributed by atoms with van der Waals surface area (Å²) < 4.78 is 0. The fourth-order valence-electron chi connectivity index (χ4n) is 2.36. The number of H-pyrrole nitrogens is 1. The summed E-state index contributed by atoms with van der Waals surface area (Å²) in [6.45, 7) is 1.96. The normalized spacial score (nSPS) is 11.5. The molecule has 0 saturated carbocycles. The molecule has 2 aromatic heterocycles. The molecule has 0 aliphatic carbocycles. The smallest absolute Gasteiger partial charge is 0.205 e. The maximum absolute atomic E-state index is 12.6. The van der Waals surface area contributed by atoms with Crippen molar-refractivity contribution in [3.8, 4) is 6.07 Å². The minimum absolute atomic E-state index is 0.151. The van der Waals surface area contributed by atoms with Crippen LogP contribution in [0.2, 0.25) is 0 Å². The molecular weight excluding hydrogens is 280 g/mol. The second kappa shape index (κ2) is 5.39. The number of nitrogens with one attached hydrogen (secondary N) is 1. The topological polar surface area (TPSA) is 56.6 Å². The lowest BCUT2D eigenvalue weighted by Gasteiger charge is -2.00. The van der Waals surface area contributed by atoms with Gasteiger partial charge in [0, 0.05) is 22.7 Å². The molecule has 3 nitrogen and oxygen atoms in total. The summed E-state index contributed by atoms with van der Waals surface area (Å²) in [6.07, 6.45) is 3.31. The average Bonchev–Trinajstić information content (AvgIpc) is 3.14. The third-order valence-corrected chi connectivity index (χ3v) is 4.08. The molecule has 3 aromatic rings. The van der Waals surface area contributed by atoms with Crippen LogP contribution in [0.4, 0.5) is 0 Å². The number of carbonyl (C=O) groups is 1. The second-order valence-corrected chi connectivity index (χ2v) is 5.54. The summed E-state index contributed by atoms with van der Waals surface area (Å²) in [5.41, 5.74) is 3.50. The first-order chi connectivity index (χ1) is 10.2. The molecule has 0 aliphatic heterocycles. The van der Waals surface area contributed by atoms with Gasteiger partial charge >= 0.3 is 0 Å². The Balaban J connectivity index is 2.10. The van der Waals surface area contributed by atoms with Crippen molar-refractivity contribution in [2.45, 2.75) is 6.92 Å². The number of aromatic nitrogens is 1. The summed E-state index contributed by atoms with van der Waals surface area (Å²) in [6, 6.07) is 9.72. The lowest BCUT2D eigenvalue weighted by molar-refractivity contribution is 0.104. The molecule has 0 aliphatic rings. The SMILES string of the molecule is Cc1cccc2[nH]cc(C(=O)/C(C#N)=C/c3ccsc3)c12. The van der Waals surface area contributed by atoms with Gasteiger partial charge in [-0.1, -0.05) is 12.1 Å². The van der Waals surface area contributed by atoms with Gasteiger partial charge in [0.25, 0.3) is 0 Å². The summed E-state index contributed by atoms with van der Waals surface area (Å²) >= 11 is 1.53. The predicted octanol–water partition coefficient (Wildman–Crippen LogP) is 4.33. The Hall–Kier alpha value is -2.64. The van der Waals surface area contributed by atoms with Gasteiger partial charge in [0.2, 0.25) is 5.78 Å². The Labute approximate surface area is 126 Å². The molecule has 1 aromatic carbocycles. The molecule has 0 atom stereocenters. The summed E-state index contributed by atoms with van der Waals surface area (Å²) in [5.74, 6) is -0.246. The third kappa shape index (κ3) is 2.39. The predicted molar refractivity (Wildman–Crippen MR) is 85.3 cm³/mol. The Morgan fingerprint density at radius 3 is 2.95 bits per heavy atom. The second-order valence-electron chi connectivity index (χ2n) is 4.76. The van der Waals surface area contributed by atoms with Crippen molar-refractivity contribution in [2.75, 3.05) is 0 Å². The molecule has 0 fully saturated rings. The van der Waals surface area contributed by atoms with Crippen LogP contribution in [0.25, 0.3) is 17.0 Å². The highest BCUT2D eigenvalue weighted by Crippen LogP contribution is 2.25. The fourth-order valence-corrected chi connectivity index (χ4v) is 2.98. The van der Waals surface area contributed by atoms with E-state index < -0.39 is 0 Å².